The van der Waals surface area contributed by atoms with Crippen LogP contribution in [0.1, 0.15) is 39.7 Å². The van der Waals surface area contributed by atoms with E-state index in [1.807, 2.05) is 30.5 Å². The largest absolute Gasteiger partial charge is 0.456 e. The average Bonchev–Trinajstić information content (AvgIpc) is 2.99. The monoisotopic (exact) mass is 358 g/mol. The number of aryl methyl sites for hydroxylation is 1. The van der Waals surface area contributed by atoms with Crippen LogP contribution in [0.5, 0.6) is 0 Å². The van der Waals surface area contributed by atoms with E-state index < -0.39 is 0 Å². The van der Waals surface area contributed by atoms with Crippen LogP contribution in [0.15, 0.2) is 30.5 Å². The SMILES string of the molecule is CC(C)CN(CC(C)C)C(=O)COC(=O)CCc1c[nH]c2ccccc12. The second kappa shape index (κ2) is 9.41. The van der Waals surface area contributed by atoms with E-state index in [4.69, 9.17) is 4.74 Å². The number of esters is 1. The summed E-state index contributed by atoms with van der Waals surface area (Å²) in [6, 6.07) is 8.00. The Morgan fingerprint density at radius 3 is 2.38 bits per heavy atom. The second-order valence-corrected chi connectivity index (χ2v) is 7.61. The maximum atomic E-state index is 12.4. The molecule has 1 amide bonds. The summed E-state index contributed by atoms with van der Waals surface area (Å²) in [5.41, 5.74) is 2.15. The summed E-state index contributed by atoms with van der Waals surface area (Å²) in [4.78, 5) is 29.4. The Morgan fingerprint density at radius 1 is 1.08 bits per heavy atom. The molecule has 26 heavy (non-hydrogen) atoms. The average molecular weight is 358 g/mol. The lowest BCUT2D eigenvalue weighted by Crippen LogP contribution is -2.39. The van der Waals surface area contributed by atoms with Crippen LogP contribution >= 0.6 is 0 Å². The topological polar surface area (TPSA) is 62.4 Å². The highest BCUT2D eigenvalue weighted by molar-refractivity contribution is 5.84. The van der Waals surface area contributed by atoms with E-state index in [1.54, 1.807) is 4.90 Å². The number of aromatic nitrogens is 1. The van der Waals surface area contributed by atoms with Crippen molar-refractivity contribution >= 4 is 22.8 Å². The predicted molar refractivity (Wildman–Crippen MR) is 104 cm³/mol. The predicted octanol–water partition coefficient (Wildman–Crippen LogP) is 3.78. The van der Waals surface area contributed by atoms with Gasteiger partial charge >= 0.3 is 5.97 Å². The molecule has 142 valence electrons. The van der Waals surface area contributed by atoms with Crippen molar-refractivity contribution in [3.63, 3.8) is 0 Å². The molecule has 0 unspecified atom stereocenters. The first kappa shape index (κ1) is 20.0. The van der Waals surface area contributed by atoms with Crippen molar-refractivity contribution in [3.8, 4) is 0 Å². The molecular formula is C21H30N2O3. The molecule has 5 heteroatoms. The van der Waals surface area contributed by atoms with Gasteiger partial charge in [0.2, 0.25) is 0 Å². The standard InChI is InChI=1S/C21H30N2O3/c1-15(2)12-23(13-16(3)4)20(24)14-26-21(25)10-9-17-11-22-19-8-6-5-7-18(17)19/h5-8,11,15-16,22H,9-10,12-14H2,1-4H3. The number of fused-ring (bicyclic) bond motifs is 1. The van der Waals surface area contributed by atoms with Crippen molar-refractivity contribution in [3.05, 3.63) is 36.0 Å². The zero-order valence-corrected chi connectivity index (χ0v) is 16.2. The van der Waals surface area contributed by atoms with Crippen LogP contribution in [0.4, 0.5) is 0 Å². The van der Waals surface area contributed by atoms with Crippen LogP contribution in [0.25, 0.3) is 10.9 Å². The Hall–Kier alpha value is -2.30. The number of rotatable bonds is 9. The van der Waals surface area contributed by atoms with Gasteiger partial charge in [-0.3, -0.25) is 9.59 Å². The van der Waals surface area contributed by atoms with E-state index >= 15 is 0 Å². The van der Waals surface area contributed by atoms with Gasteiger partial charge in [-0.05, 0) is 29.9 Å². The van der Waals surface area contributed by atoms with Crippen LogP contribution in [-0.2, 0) is 20.7 Å². The molecule has 1 aromatic carbocycles. The minimum Gasteiger partial charge on any atom is -0.456 e. The van der Waals surface area contributed by atoms with Crippen molar-refractivity contribution < 1.29 is 14.3 Å². The number of amides is 1. The molecule has 0 spiro atoms. The lowest BCUT2D eigenvalue weighted by molar-refractivity contribution is -0.152. The summed E-state index contributed by atoms with van der Waals surface area (Å²) >= 11 is 0. The maximum absolute atomic E-state index is 12.4. The van der Waals surface area contributed by atoms with Crippen molar-refractivity contribution in [2.24, 2.45) is 11.8 Å². The van der Waals surface area contributed by atoms with Crippen LogP contribution in [0.2, 0.25) is 0 Å². The molecule has 0 aliphatic rings. The number of hydrogen-bond donors (Lipinski definition) is 1. The lowest BCUT2D eigenvalue weighted by atomic mass is 10.1. The fraction of sp³-hybridized carbons (Fsp3) is 0.524. The Balaban J connectivity index is 1.82. The van der Waals surface area contributed by atoms with Gasteiger partial charge < -0.3 is 14.6 Å². The number of carbonyl (C=O) groups is 2. The molecule has 2 aromatic rings. The summed E-state index contributed by atoms with van der Waals surface area (Å²) in [6.07, 6.45) is 2.79. The Labute approximate surface area is 155 Å². The molecule has 1 N–H and O–H groups in total. The number of hydrogen-bond acceptors (Lipinski definition) is 3. The van der Waals surface area contributed by atoms with Gasteiger partial charge in [0.05, 0.1) is 0 Å². The van der Waals surface area contributed by atoms with Crippen LogP contribution in [0, 0.1) is 11.8 Å². The summed E-state index contributed by atoms with van der Waals surface area (Å²) in [6.45, 7) is 9.50. The Kier molecular flexibility index (Phi) is 7.25. The molecule has 0 fully saturated rings. The first-order valence-corrected chi connectivity index (χ1v) is 9.35. The van der Waals surface area contributed by atoms with Crippen LogP contribution in [-0.4, -0.2) is 41.5 Å². The minimum absolute atomic E-state index is 0.118. The van der Waals surface area contributed by atoms with E-state index in [1.165, 1.54) is 0 Å². The third kappa shape index (κ3) is 5.90. The summed E-state index contributed by atoms with van der Waals surface area (Å²) in [5, 5.41) is 1.12. The number of nitrogens with zero attached hydrogens (tertiary/aromatic N) is 1. The molecule has 0 aliphatic carbocycles. The number of nitrogens with one attached hydrogen (secondary N) is 1. The molecule has 0 atom stereocenters. The zero-order valence-electron chi connectivity index (χ0n) is 16.2. The van der Waals surface area contributed by atoms with Gasteiger partial charge in [0.1, 0.15) is 0 Å². The number of aromatic amines is 1. The van der Waals surface area contributed by atoms with E-state index in [9.17, 15) is 9.59 Å². The van der Waals surface area contributed by atoms with Crippen molar-refractivity contribution in [1.82, 2.24) is 9.88 Å². The number of carbonyl (C=O) groups excluding carboxylic acids is 2. The number of H-pyrrole nitrogens is 1. The lowest BCUT2D eigenvalue weighted by Gasteiger charge is -2.26. The van der Waals surface area contributed by atoms with E-state index in [2.05, 4.69) is 32.7 Å². The van der Waals surface area contributed by atoms with E-state index in [-0.39, 0.29) is 24.9 Å². The molecule has 0 saturated carbocycles. The summed E-state index contributed by atoms with van der Waals surface area (Å²) in [7, 11) is 0. The van der Waals surface area contributed by atoms with Crippen molar-refractivity contribution in [2.45, 2.75) is 40.5 Å². The molecule has 1 aromatic heterocycles. The highest BCUT2D eigenvalue weighted by Crippen LogP contribution is 2.19. The van der Waals surface area contributed by atoms with Crippen LogP contribution < -0.4 is 0 Å². The van der Waals surface area contributed by atoms with Gasteiger partial charge in [0, 0.05) is 36.6 Å². The maximum Gasteiger partial charge on any atom is 0.306 e. The molecule has 2 rings (SSSR count). The quantitative estimate of drug-likeness (QED) is 0.694. The van der Waals surface area contributed by atoms with Gasteiger partial charge in [-0.1, -0.05) is 45.9 Å². The molecule has 0 bridgehead atoms. The molecule has 1 heterocycles. The smallest absolute Gasteiger partial charge is 0.306 e. The van der Waals surface area contributed by atoms with Gasteiger partial charge in [-0.25, -0.2) is 0 Å². The number of ether oxygens (including phenoxy) is 1. The zero-order chi connectivity index (χ0) is 19.1. The third-order valence-electron chi connectivity index (χ3n) is 4.15. The molecule has 0 saturated heterocycles. The summed E-state index contributed by atoms with van der Waals surface area (Å²) in [5.74, 6) is 0.316. The van der Waals surface area contributed by atoms with Gasteiger partial charge in [0.15, 0.2) is 6.61 Å². The van der Waals surface area contributed by atoms with Crippen molar-refractivity contribution in [2.75, 3.05) is 19.7 Å². The normalized spacial score (nSPS) is 11.3. The highest BCUT2D eigenvalue weighted by Gasteiger charge is 2.18. The van der Waals surface area contributed by atoms with Gasteiger partial charge in [-0.15, -0.1) is 0 Å². The van der Waals surface area contributed by atoms with Crippen molar-refractivity contribution in [1.29, 1.82) is 0 Å². The third-order valence-corrected chi connectivity index (χ3v) is 4.15. The van der Waals surface area contributed by atoms with Gasteiger partial charge in [-0.2, -0.15) is 0 Å². The summed E-state index contributed by atoms with van der Waals surface area (Å²) < 4.78 is 5.22. The first-order valence-electron chi connectivity index (χ1n) is 9.35. The molecule has 0 aliphatic heterocycles. The van der Waals surface area contributed by atoms with E-state index in [0.29, 0.717) is 31.3 Å². The minimum atomic E-state index is -0.335. The van der Waals surface area contributed by atoms with Crippen LogP contribution in [0.3, 0.4) is 0 Å². The fourth-order valence-corrected chi connectivity index (χ4v) is 3.04. The second-order valence-electron chi connectivity index (χ2n) is 7.61. The Morgan fingerprint density at radius 2 is 1.73 bits per heavy atom. The Bertz CT molecular complexity index is 724. The fourth-order valence-electron chi connectivity index (χ4n) is 3.04. The number of benzene rings is 1. The van der Waals surface area contributed by atoms with Gasteiger partial charge in [0.25, 0.3) is 5.91 Å². The number of para-hydroxylation sites is 1. The molecule has 0 radical (unpaired) electrons. The highest BCUT2D eigenvalue weighted by atomic mass is 16.5. The molecule has 5 nitrogen and oxygen atoms in total. The van der Waals surface area contributed by atoms with E-state index in [0.717, 1.165) is 16.5 Å². The molecular weight excluding hydrogens is 328 g/mol. The first-order chi connectivity index (χ1) is 12.4.